The van der Waals surface area contributed by atoms with Gasteiger partial charge in [-0.1, -0.05) is 53.2 Å². The summed E-state index contributed by atoms with van der Waals surface area (Å²) in [6.45, 7) is 17.1. The van der Waals surface area contributed by atoms with E-state index in [4.69, 9.17) is 14.2 Å². The van der Waals surface area contributed by atoms with Crippen molar-refractivity contribution in [3.63, 3.8) is 0 Å². The van der Waals surface area contributed by atoms with Crippen molar-refractivity contribution in [2.75, 3.05) is 39.5 Å². The molecule has 1 heterocycles. The first-order valence-corrected chi connectivity index (χ1v) is 11.8. The molecule has 1 atom stereocenters. The topological polar surface area (TPSA) is 48.0 Å². The fourth-order valence-electron chi connectivity index (χ4n) is 4.70. The van der Waals surface area contributed by atoms with Gasteiger partial charge in [0.15, 0.2) is 0 Å². The molecule has 1 aliphatic rings. The highest BCUT2D eigenvalue weighted by atomic mass is 16.5. The zero-order chi connectivity index (χ0) is 22.9. The van der Waals surface area contributed by atoms with Gasteiger partial charge in [-0.25, -0.2) is 0 Å². The third-order valence-electron chi connectivity index (χ3n) is 5.80. The fraction of sp³-hybridized carbons (Fsp3) is 0.731. The van der Waals surface area contributed by atoms with Gasteiger partial charge >= 0.3 is 5.97 Å². The summed E-state index contributed by atoms with van der Waals surface area (Å²) < 4.78 is 16.8. The Hall–Kier alpha value is -1.59. The van der Waals surface area contributed by atoms with Gasteiger partial charge < -0.3 is 14.2 Å². The molecule has 1 saturated heterocycles. The molecular weight excluding hydrogens is 390 g/mol. The maximum atomic E-state index is 12.1. The molecule has 1 fully saturated rings. The monoisotopic (exact) mass is 433 g/mol. The summed E-state index contributed by atoms with van der Waals surface area (Å²) in [5, 5.41) is 0. The van der Waals surface area contributed by atoms with E-state index >= 15 is 0 Å². The molecule has 31 heavy (non-hydrogen) atoms. The maximum Gasteiger partial charge on any atom is 0.323 e. The number of hydrogen-bond acceptors (Lipinski definition) is 5. The zero-order valence-corrected chi connectivity index (χ0v) is 20.5. The molecule has 0 saturated carbocycles. The van der Waals surface area contributed by atoms with Crippen LogP contribution < -0.4 is 4.74 Å². The smallest absolute Gasteiger partial charge is 0.323 e. The summed E-state index contributed by atoms with van der Waals surface area (Å²) in [4.78, 5) is 14.3. The summed E-state index contributed by atoms with van der Waals surface area (Å²) in [5.41, 5.74) is 1.76. The van der Waals surface area contributed by atoms with E-state index in [2.05, 4.69) is 63.8 Å². The first-order chi connectivity index (χ1) is 14.6. The van der Waals surface area contributed by atoms with Gasteiger partial charge in [-0.2, -0.15) is 0 Å². The van der Waals surface area contributed by atoms with Gasteiger partial charge in [-0.3, -0.25) is 9.69 Å². The zero-order valence-electron chi connectivity index (χ0n) is 20.5. The predicted octanol–water partition coefficient (Wildman–Crippen LogP) is 5.21. The Bertz CT molecular complexity index is 663. The van der Waals surface area contributed by atoms with Crippen LogP contribution in [0.2, 0.25) is 0 Å². The SMILES string of the molecule is CCOC(=O)C1CCCCN1CCOCCOc1ccc(C(C)(C)CC(C)(C)C)cc1. The molecule has 0 aliphatic carbocycles. The molecule has 0 aromatic heterocycles. The van der Waals surface area contributed by atoms with E-state index in [1.165, 1.54) is 5.56 Å². The van der Waals surface area contributed by atoms with E-state index < -0.39 is 0 Å². The van der Waals surface area contributed by atoms with Crippen LogP contribution in [0.4, 0.5) is 0 Å². The number of benzene rings is 1. The van der Waals surface area contributed by atoms with Crippen molar-refractivity contribution in [1.29, 1.82) is 0 Å². The summed E-state index contributed by atoms with van der Waals surface area (Å²) in [6.07, 6.45) is 4.22. The van der Waals surface area contributed by atoms with Crippen molar-refractivity contribution in [1.82, 2.24) is 4.90 Å². The standard InChI is InChI=1S/C26H43NO4/c1-7-30-24(28)23-10-8-9-15-27(23)16-17-29-18-19-31-22-13-11-21(12-14-22)26(5,6)20-25(2,3)4/h11-14,23H,7-10,15-20H2,1-6H3. The molecule has 176 valence electrons. The lowest BCUT2D eigenvalue weighted by atomic mass is 9.72. The van der Waals surface area contributed by atoms with E-state index in [-0.39, 0.29) is 17.4 Å². The van der Waals surface area contributed by atoms with E-state index in [0.29, 0.717) is 31.8 Å². The van der Waals surface area contributed by atoms with Crippen molar-refractivity contribution in [2.24, 2.45) is 5.41 Å². The Kier molecular flexibility index (Phi) is 9.83. The lowest BCUT2D eigenvalue weighted by molar-refractivity contribution is -0.151. The number of likely N-dealkylation sites (tertiary alicyclic amines) is 1. The van der Waals surface area contributed by atoms with Gasteiger partial charge in [-0.05, 0) is 61.3 Å². The molecule has 5 nitrogen and oxygen atoms in total. The van der Waals surface area contributed by atoms with E-state index in [1.54, 1.807) is 0 Å². The average molecular weight is 434 g/mol. The van der Waals surface area contributed by atoms with Crippen LogP contribution in [0, 0.1) is 5.41 Å². The summed E-state index contributed by atoms with van der Waals surface area (Å²) >= 11 is 0. The highest BCUT2D eigenvalue weighted by Crippen LogP contribution is 2.36. The molecule has 2 rings (SSSR count). The van der Waals surface area contributed by atoms with Crippen molar-refractivity contribution in [3.8, 4) is 5.75 Å². The van der Waals surface area contributed by atoms with Crippen LogP contribution in [0.25, 0.3) is 0 Å². The van der Waals surface area contributed by atoms with Gasteiger partial charge in [0.25, 0.3) is 0 Å². The minimum absolute atomic E-state index is 0.0975. The van der Waals surface area contributed by atoms with Gasteiger partial charge in [0.1, 0.15) is 18.4 Å². The Morgan fingerprint density at radius 1 is 1.03 bits per heavy atom. The highest BCUT2D eigenvalue weighted by Gasteiger charge is 2.29. The Balaban J connectivity index is 1.69. The van der Waals surface area contributed by atoms with Gasteiger partial charge in [0, 0.05) is 6.54 Å². The van der Waals surface area contributed by atoms with Crippen LogP contribution in [0.15, 0.2) is 24.3 Å². The van der Waals surface area contributed by atoms with Crippen molar-refractivity contribution >= 4 is 5.97 Å². The van der Waals surface area contributed by atoms with Crippen LogP contribution >= 0.6 is 0 Å². The van der Waals surface area contributed by atoms with Crippen LogP contribution in [0.5, 0.6) is 5.75 Å². The van der Waals surface area contributed by atoms with Crippen molar-refractivity contribution < 1.29 is 19.0 Å². The molecule has 0 radical (unpaired) electrons. The molecule has 1 aliphatic heterocycles. The van der Waals surface area contributed by atoms with Crippen molar-refractivity contribution in [3.05, 3.63) is 29.8 Å². The number of hydrogen-bond donors (Lipinski definition) is 0. The molecule has 1 unspecified atom stereocenters. The van der Waals surface area contributed by atoms with E-state index in [0.717, 1.165) is 44.5 Å². The second-order valence-corrected chi connectivity index (χ2v) is 10.4. The number of carbonyl (C=O) groups excluding carboxylic acids is 1. The predicted molar refractivity (Wildman–Crippen MR) is 126 cm³/mol. The molecule has 0 amide bonds. The molecule has 0 N–H and O–H groups in total. The molecule has 1 aromatic rings. The maximum absolute atomic E-state index is 12.1. The van der Waals surface area contributed by atoms with Crippen LogP contribution in [-0.2, 0) is 19.7 Å². The van der Waals surface area contributed by atoms with Crippen LogP contribution in [0.1, 0.15) is 72.8 Å². The molecular formula is C26H43NO4. The number of rotatable bonds is 11. The lowest BCUT2D eigenvalue weighted by Crippen LogP contribution is -2.46. The largest absolute Gasteiger partial charge is 0.491 e. The quantitative estimate of drug-likeness (QED) is 0.354. The first kappa shape index (κ1) is 25.7. The second kappa shape index (κ2) is 11.9. The minimum atomic E-state index is -0.116. The second-order valence-electron chi connectivity index (χ2n) is 10.4. The molecule has 0 bridgehead atoms. The number of ether oxygens (including phenoxy) is 3. The lowest BCUT2D eigenvalue weighted by Gasteiger charge is -2.33. The van der Waals surface area contributed by atoms with E-state index in [9.17, 15) is 4.79 Å². The third kappa shape index (κ3) is 8.82. The van der Waals surface area contributed by atoms with Crippen molar-refractivity contribution in [2.45, 2.75) is 78.7 Å². The first-order valence-electron chi connectivity index (χ1n) is 11.8. The summed E-state index contributed by atoms with van der Waals surface area (Å²) in [5.74, 6) is 0.775. The Labute approximate surface area is 189 Å². The number of carbonyl (C=O) groups is 1. The fourth-order valence-corrected chi connectivity index (χ4v) is 4.70. The molecule has 5 heteroatoms. The van der Waals surface area contributed by atoms with Gasteiger partial charge in [-0.15, -0.1) is 0 Å². The normalized spacial score (nSPS) is 18.1. The Morgan fingerprint density at radius 3 is 2.39 bits per heavy atom. The number of nitrogens with zero attached hydrogens (tertiary/aromatic N) is 1. The summed E-state index contributed by atoms with van der Waals surface area (Å²) in [6, 6.07) is 8.34. The van der Waals surface area contributed by atoms with Gasteiger partial charge in [0.2, 0.25) is 0 Å². The summed E-state index contributed by atoms with van der Waals surface area (Å²) in [7, 11) is 0. The van der Waals surface area contributed by atoms with Crippen LogP contribution in [0.3, 0.4) is 0 Å². The molecule has 1 aromatic carbocycles. The van der Waals surface area contributed by atoms with Crippen LogP contribution in [-0.4, -0.2) is 56.4 Å². The highest BCUT2D eigenvalue weighted by molar-refractivity contribution is 5.75. The number of piperidine rings is 1. The van der Waals surface area contributed by atoms with Gasteiger partial charge in [0.05, 0.1) is 19.8 Å². The minimum Gasteiger partial charge on any atom is -0.491 e. The average Bonchev–Trinajstić information content (AvgIpc) is 2.69. The molecule has 0 spiro atoms. The third-order valence-corrected chi connectivity index (χ3v) is 5.80. The Morgan fingerprint density at radius 2 is 1.74 bits per heavy atom. The number of esters is 1. The van der Waals surface area contributed by atoms with E-state index in [1.807, 2.05) is 6.92 Å².